The lowest BCUT2D eigenvalue weighted by molar-refractivity contribution is 0.283. The molecule has 0 radical (unpaired) electrons. The molecule has 2 rings (SSSR count). The molecule has 0 bridgehead atoms. The smallest absolute Gasteiger partial charge is 0.243 e. The summed E-state index contributed by atoms with van der Waals surface area (Å²) < 4.78 is 39.9. The Bertz CT molecular complexity index is 550. The molecule has 1 fully saturated rings. The van der Waals surface area contributed by atoms with E-state index in [4.69, 9.17) is 0 Å². The van der Waals surface area contributed by atoms with E-state index >= 15 is 0 Å². The Hall–Kier alpha value is -0.500. The molecular weight excluding hydrogens is 323 g/mol. The molecule has 0 aromatic heterocycles. The van der Waals surface area contributed by atoms with E-state index in [1.54, 1.807) is 0 Å². The van der Waals surface area contributed by atoms with Crippen molar-refractivity contribution < 1.29 is 12.8 Å². The normalized spacial score (nSPS) is 22.1. The average Bonchev–Trinajstić information content (AvgIpc) is 2.33. The summed E-state index contributed by atoms with van der Waals surface area (Å²) in [5.41, 5.74) is 0. The molecule has 1 aromatic rings. The Morgan fingerprint density at radius 3 is 2.83 bits per heavy atom. The molecule has 1 atom stereocenters. The highest BCUT2D eigenvalue weighted by atomic mass is 79.9. The van der Waals surface area contributed by atoms with Gasteiger partial charge < -0.3 is 5.32 Å². The molecule has 7 heteroatoms. The van der Waals surface area contributed by atoms with Gasteiger partial charge in [-0.3, -0.25) is 0 Å². The molecule has 0 unspecified atom stereocenters. The molecule has 4 nitrogen and oxygen atoms in total. The van der Waals surface area contributed by atoms with Gasteiger partial charge in [0.25, 0.3) is 0 Å². The number of hydrogen-bond donors (Lipinski definition) is 1. The van der Waals surface area contributed by atoms with Crippen LogP contribution >= 0.6 is 15.9 Å². The van der Waals surface area contributed by atoms with Crippen molar-refractivity contribution in [3.05, 3.63) is 28.5 Å². The third-order valence-corrected chi connectivity index (χ3v) is 5.59. The van der Waals surface area contributed by atoms with Crippen molar-refractivity contribution in [2.24, 2.45) is 0 Å². The Morgan fingerprint density at radius 1 is 1.50 bits per heavy atom. The van der Waals surface area contributed by atoms with E-state index in [2.05, 4.69) is 21.2 Å². The Kier molecular flexibility index (Phi) is 4.05. The first-order valence-electron chi connectivity index (χ1n) is 5.60. The van der Waals surface area contributed by atoms with Gasteiger partial charge in [-0.1, -0.05) is 0 Å². The second-order valence-corrected chi connectivity index (χ2v) is 6.99. The van der Waals surface area contributed by atoms with E-state index in [1.807, 2.05) is 6.92 Å². The van der Waals surface area contributed by atoms with Gasteiger partial charge in [-0.2, -0.15) is 4.31 Å². The zero-order valence-corrected chi connectivity index (χ0v) is 12.3. The molecule has 1 aliphatic heterocycles. The van der Waals surface area contributed by atoms with Crippen molar-refractivity contribution in [2.75, 3.05) is 19.6 Å². The molecular formula is C11H14BrFN2O2S. The first-order chi connectivity index (χ1) is 8.43. The molecule has 18 heavy (non-hydrogen) atoms. The molecule has 1 aromatic carbocycles. The Balaban J connectivity index is 2.37. The maximum absolute atomic E-state index is 13.4. The van der Waals surface area contributed by atoms with Gasteiger partial charge in [0.1, 0.15) is 5.82 Å². The molecule has 0 spiro atoms. The van der Waals surface area contributed by atoms with Gasteiger partial charge in [0, 0.05) is 25.7 Å². The highest BCUT2D eigenvalue weighted by Crippen LogP contribution is 2.23. The van der Waals surface area contributed by atoms with Gasteiger partial charge in [0.2, 0.25) is 10.0 Å². The van der Waals surface area contributed by atoms with Crippen molar-refractivity contribution in [1.29, 1.82) is 0 Å². The SMILES string of the molecule is C[C@H]1CNCCN1S(=O)(=O)c1ccc(Br)c(F)c1. The number of halogens is 2. The maximum Gasteiger partial charge on any atom is 0.243 e. The summed E-state index contributed by atoms with van der Waals surface area (Å²) in [6, 6.07) is 3.75. The van der Waals surface area contributed by atoms with Crippen LogP contribution in [0.25, 0.3) is 0 Å². The van der Waals surface area contributed by atoms with Crippen LogP contribution in [0, 0.1) is 5.82 Å². The van der Waals surface area contributed by atoms with Gasteiger partial charge in [-0.15, -0.1) is 0 Å². The van der Waals surface area contributed by atoms with E-state index in [0.717, 1.165) is 6.07 Å². The maximum atomic E-state index is 13.4. The minimum Gasteiger partial charge on any atom is -0.314 e. The van der Waals surface area contributed by atoms with Gasteiger partial charge >= 0.3 is 0 Å². The summed E-state index contributed by atoms with van der Waals surface area (Å²) in [5.74, 6) is -0.570. The van der Waals surface area contributed by atoms with E-state index in [-0.39, 0.29) is 15.4 Å². The number of rotatable bonds is 2. The van der Waals surface area contributed by atoms with Gasteiger partial charge in [-0.05, 0) is 41.1 Å². The fraction of sp³-hybridized carbons (Fsp3) is 0.455. The fourth-order valence-corrected chi connectivity index (χ4v) is 3.84. The van der Waals surface area contributed by atoms with Crippen molar-refractivity contribution in [3.8, 4) is 0 Å². The summed E-state index contributed by atoms with van der Waals surface area (Å²) >= 11 is 3.01. The number of nitrogens with one attached hydrogen (secondary N) is 1. The van der Waals surface area contributed by atoms with E-state index in [1.165, 1.54) is 16.4 Å². The van der Waals surface area contributed by atoms with Gasteiger partial charge in [-0.25, -0.2) is 12.8 Å². The van der Waals surface area contributed by atoms with Crippen LogP contribution in [0.15, 0.2) is 27.6 Å². The largest absolute Gasteiger partial charge is 0.314 e. The number of hydrogen-bond acceptors (Lipinski definition) is 3. The topological polar surface area (TPSA) is 49.4 Å². The summed E-state index contributed by atoms with van der Waals surface area (Å²) in [4.78, 5) is -0.00282. The number of piperazine rings is 1. The molecule has 1 heterocycles. The van der Waals surface area contributed by atoms with Crippen molar-refractivity contribution in [1.82, 2.24) is 9.62 Å². The van der Waals surface area contributed by atoms with Crippen LogP contribution in [0.5, 0.6) is 0 Å². The minimum absolute atomic E-state index is 0.00282. The van der Waals surface area contributed by atoms with Gasteiger partial charge in [0.05, 0.1) is 9.37 Å². The van der Waals surface area contributed by atoms with Crippen LogP contribution in [0.3, 0.4) is 0 Å². The summed E-state index contributed by atoms with van der Waals surface area (Å²) in [7, 11) is -3.62. The van der Waals surface area contributed by atoms with Crippen LogP contribution in [-0.4, -0.2) is 38.4 Å². The minimum atomic E-state index is -3.62. The van der Waals surface area contributed by atoms with Crippen molar-refractivity contribution in [3.63, 3.8) is 0 Å². The summed E-state index contributed by atoms with van der Waals surface area (Å²) in [6.45, 7) is 3.46. The molecule has 100 valence electrons. The van der Waals surface area contributed by atoms with E-state index in [0.29, 0.717) is 19.6 Å². The highest BCUT2D eigenvalue weighted by Gasteiger charge is 2.31. The second kappa shape index (κ2) is 5.24. The predicted octanol–water partition coefficient (Wildman–Crippen LogP) is 1.57. The van der Waals surface area contributed by atoms with Crippen molar-refractivity contribution in [2.45, 2.75) is 17.9 Å². The average molecular weight is 337 g/mol. The fourth-order valence-electron chi connectivity index (χ4n) is 1.95. The molecule has 0 amide bonds. The zero-order valence-electron chi connectivity index (χ0n) is 9.86. The molecule has 1 saturated heterocycles. The van der Waals surface area contributed by atoms with Crippen LogP contribution < -0.4 is 5.32 Å². The molecule has 0 saturated carbocycles. The zero-order chi connectivity index (χ0) is 13.3. The standard InChI is InChI=1S/C11H14BrFN2O2S/c1-8-7-14-4-5-15(8)18(16,17)9-2-3-10(12)11(13)6-9/h2-3,6,8,14H,4-5,7H2,1H3/t8-/m0/s1. The van der Waals surface area contributed by atoms with Crippen LogP contribution in [-0.2, 0) is 10.0 Å². The predicted molar refractivity (Wildman–Crippen MR) is 70.3 cm³/mol. The lowest BCUT2D eigenvalue weighted by atomic mass is 10.3. The van der Waals surface area contributed by atoms with Crippen LogP contribution in [0.2, 0.25) is 0 Å². The lowest BCUT2D eigenvalue weighted by Crippen LogP contribution is -2.52. The molecule has 1 aliphatic rings. The number of benzene rings is 1. The molecule has 1 N–H and O–H groups in total. The van der Waals surface area contributed by atoms with Crippen LogP contribution in [0.4, 0.5) is 4.39 Å². The van der Waals surface area contributed by atoms with E-state index in [9.17, 15) is 12.8 Å². The first-order valence-corrected chi connectivity index (χ1v) is 7.84. The third kappa shape index (κ3) is 2.59. The molecule has 0 aliphatic carbocycles. The third-order valence-electron chi connectivity index (χ3n) is 2.94. The monoisotopic (exact) mass is 336 g/mol. The highest BCUT2D eigenvalue weighted by molar-refractivity contribution is 9.10. The van der Waals surface area contributed by atoms with Crippen LogP contribution in [0.1, 0.15) is 6.92 Å². The second-order valence-electron chi connectivity index (χ2n) is 4.24. The number of sulfonamides is 1. The quantitative estimate of drug-likeness (QED) is 0.891. The van der Waals surface area contributed by atoms with Crippen molar-refractivity contribution >= 4 is 26.0 Å². The van der Waals surface area contributed by atoms with E-state index < -0.39 is 15.8 Å². The van der Waals surface area contributed by atoms with Gasteiger partial charge in [0.15, 0.2) is 0 Å². The Morgan fingerprint density at radius 2 is 2.22 bits per heavy atom. The Labute approximate surface area is 114 Å². The summed E-state index contributed by atoms with van der Waals surface area (Å²) in [6.07, 6.45) is 0. The first kappa shape index (κ1) is 13.9. The number of nitrogens with zero attached hydrogens (tertiary/aromatic N) is 1. The summed E-state index contributed by atoms with van der Waals surface area (Å²) in [5, 5.41) is 3.12. The lowest BCUT2D eigenvalue weighted by Gasteiger charge is -2.32.